The molecule has 3 aromatic rings. The van der Waals surface area contributed by atoms with E-state index in [2.05, 4.69) is 45.4 Å². The zero-order valence-corrected chi connectivity index (χ0v) is 20.3. The fourth-order valence-electron chi connectivity index (χ4n) is 4.93. The van der Waals surface area contributed by atoms with E-state index in [1.165, 1.54) is 34.9 Å². The first-order valence-electron chi connectivity index (χ1n) is 12.0. The summed E-state index contributed by atoms with van der Waals surface area (Å²) in [6, 6.07) is 14.9. The van der Waals surface area contributed by atoms with E-state index in [9.17, 15) is 9.18 Å². The Labute approximate surface area is 204 Å². The van der Waals surface area contributed by atoms with Crippen LogP contribution in [0, 0.1) is 18.7 Å². The maximum Gasteiger partial charge on any atom is 0.227 e. The van der Waals surface area contributed by atoms with Crippen LogP contribution in [0.1, 0.15) is 29.8 Å². The average Bonchev–Trinajstić information content (AvgIpc) is 3.34. The zero-order valence-electron chi connectivity index (χ0n) is 19.5. The molecule has 1 amide bonds. The van der Waals surface area contributed by atoms with Gasteiger partial charge < -0.3 is 14.7 Å². The standard InChI is InChI=1S/C26H30FN5OS/c1-19-5-2-3-7-23(19)30-13-15-31(16-14-30)25(33)21-6-4-12-32(18-21)26-28-24(29-34-26)17-20-8-10-22(27)11-9-20/h2-3,5,7-11,21H,4,6,12-18H2,1H3. The number of aromatic nitrogens is 2. The van der Waals surface area contributed by atoms with Gasteiger partial charge in [0, 0.05) is 62.9 Å². The van der Waals surface area contributed by atoms with Crippen molar-refractivity contribution in [2.75, 3.05) is 49.1 Å². The van der Waals surface area contributed by atoms with Crippen LogP contribution in [0.4, 0.5) is 15.2 Å². The number of nitrogens with zero attached hydrogens (tertiary/aromatic N) is 5. The van der Waals surface area contributed by atoms with Crippen molar-refractivity contribution in [3.63, 3.8) is 0 Å². The number of aryl methyl sites for hydroxylation is 1. The van der Waals surface area contributed by atoms with E-state index in [1.807, 2.05) is 4.90 Å². The second-order valence-electron chi connectivity index (χ2n) is 9.18. The highest BCUT2D eigenvalue weighted by atomic mass is 32.1. The number of carbonyl (C=O) groups excluding carboxylic acids is 1. The predicted molar refractivity (Wildman–Crippen MR) is 134 cm³/mol. The molecule has 0 bridgehead atoms. The molecule has 2 aliphatic heterocycles. The van der Waals surface area contributed by atoms with Crippen LogP contribution < -0.4 is 9.80 Å². The van der Waals surface area contributed by atoms with Crippen LogP contribution in [0.15, 0.2) is 48.5 Å². The summed E-state index contributed by atoms with van der Waals surface area (Å²) >= 11 is 1.39. The molecular weight excluding hydrogens is 449 g/mol. The van der Waals surface area contributed by atoms with Gasteiger partial charge in [0.05, 0.1) is 5.92 Å². The van der Waals surface area contributed by atoms with Gasteiger partial charge >= 0.3 is 0 Å². The quantitative estimate of drug-likeness (QED) is 0.551. The summed E-state index contributed by atoms with van der Waals surface area (Å²) in [6.07, 6.45) is 2.49. The minimum Gasteiger partial charge on any atom is -0.368 e. The summed E-state index contributed by atoms with van der Waals surface area (Å²) in [5.74, 6) is 0.775. The Morgan fingerprint density at radius 3 is 2.56 bits per heavy atom. The Hall–Kier alpha value is -3.00. The maximum atomic E-state index is 13.3. The van der Waals surface area contributed by atoms with E-state index in [1.54, 1.807) is 12.1 Å². The van der Waals surface area contributed by atoms with E-state index >= 15 is 0 Å². The van der Waals surface area contributed by atoms with Crippen LogP contribution in [0.2, 0.25) is 0 Å². The molecule has 8 heteroatoms. The number of hydrogen-bond donors (Lipinski definition) is 0. The van der Waals surface area contributed by atoms with Gasteiger partial charge in [-0.15, -0.1) is 0 Å². The fourth-order valence-corrected chi connectivity index (χ4v) is 5.65. The van der Waals surface area contributed by atoms with Crippen LogP contribution in [0.5, 0.6) is 0 Å². The van der Waals surface area contributed by atoms with Crippen LogP contribution in [0.3, 0.4) is 0 Å². The van der Waals surface area contributed by atoms with Crippen molar-refractivity contribution in [2.45, 2.75) is 26.2 Å². The summed E-state index contributed by atoms with van der Waals surface area (Å²) in [5, 5.41) is 0.874. The van der Waals surface area contributed by atoms with Crippen molar-refractivity contribution < 1.29 is 9.18 Å². The van der Waals surface area contributed by atoms with Gasteiger partial charge in [0.1, 0.15) is 11.6 Å². The molecule has 0 aliphatic carbocycles. The van der Waals surface area contributed by atoms with Crippen molar-refractivity contribution in [3.8, 4) is 0 Å². The highest BCUT2D eigenvalue weighted by Gasteiger charge is 2.32. The van der Waals surface area contributed by atoms with Gasteiger partial charge in [-0.3, -0.25) is 4.79 Å². The summed E-state index contributed by atoms with van der Waals surface area (Å²) in [4.78, 5) is 24.7. The molecule has 0 radical (unpaired) electrons. The predicted octanol–water partition coefficient (Wildman–Crippen LogP) is 4.14. The lowest BCUT2D eigenvalue weighted by Crippen LogP contribution is -2.52. The highest BCUT2D eigenvalue weighted by Crippen LogP contribution is 2.27. The molecule has 1 aromatic heterocycles. The van der Waals surface area contributed by atoms with Crippen LogP contribution in [0.25, 0.3) is 0 Å². The lowest BCUT2D eigenvalue weighted by molar-refractivity contribution is -0.136. The summed E-state index contributed by atoms with van der Waals surface area (Å²) in [5.41, 5.74) is 3.54. The zero-order chi connectivity index (χ0) is 23.5. The first-order chi connectivity index (χ1) is 16.6. The minimum atomic E-state index is -0.240. The Morgan fingerprint density at radius 1 is 1.03 bits per heavy atom. The van der Waals surface area contributed by atoms with Crippen molar-refractivity contribution in [1.29, 1.82) is 0 Å². The van der Waals surface area contributed by atoms with Gasteiger partial charge in [-0.25, -0.2) is 9.37 Å². The molecule has 3 heterocycles. The summed E-state index contributed by atoms with van der Waals surface area (Å²) in [7, 11) is 0. The van der Waals surface area contributed by atoms with E-state index in [0.717, 1.165) is 62.1 Å². The molecule has 178 valence electrons. The topological polar surface area (TPSA) is 52.6 Å². The van der Waals surface area contributed by atoms with Gasteiger partial charge in [0.15, 0.2) is 0 Å². The molecule has 0 N–H and O–H groups in total. The highest BCUT2D eigenvalue weighted by molar-refractivity contribution is 7.09. The van der Waals surface area contributed by atoms with E-state index in [0.29, 0.717) is 13.0 Å². The van der Waals surface area contributed by atoms with Crippen molar-refractivity contribution in [2.24, 2.45) is 5.92 Å². The van der Waals surface area contributed by atoms with E-state index < -0.39 is 0 Å². The first kappa shape index (κ1) is 22.8. The first-order valence-corrected chi connectivity index (χ1v) is 12.8. The molecule has 0 spiro atoms. The third kappa shape index (κ3) is 5.06. The molecule has 0 saturated carbocycles. The third-order valence-electron chi connectivity index (χ3n) is 6.82. The average molecular weight is 480 g/mol. The van der Waals surface area contributed by atoms with Gasteiger partial charge in [0.2, 0.25) is 11.0 Å². The van der Waals surface area contributed by atoms with Crippen LogP contribution >= 0.6 is 11.5 Å². The Bertz CT molecular complexity index is 1130. The number of rotatable bonds is 5. The SMILES string of the molecule is Cc1ccccc1N1CCN(C(=O)C2CCCN(c3nc(Cc4ccc(F)cc4)ns3)C2)CC1. The van der Waals surface area contributed by atoms with Gasteiger partial charge in [-0.2, -0.15) is 4.37 Å². The normalized spacial score (nSPS) is 18.9. The largest absolute Gasteiger partial charge is 0.368 e. The third-order valence-corrected chi connectivity index (χ3v) is 7.64. The number of hydrogen-bond acceptors (Lipinski definition) is 6. The fraction of sp³-hybridized carbons (Fsp3) is 0.423. The van der Waals surface area contributed by atoms with Crippen molar-refractivity contribution in [1.82, 2.24) is 14.3 Å². The second kappa shape index (κ2) is 10.1. The number of anilines is 2. The molecule has 2 aliphatic rings. The smallest absolute Gasteiger partial charge is 0.227 e. The molecule has 1 unspecified atom stereocenters. The number of benzene rings is 2. The molecular formula is C26H30FN5OS. The Kier molecular flexibility index (Phi) is 6.76. The monoisotopic (exact) mass is 479 g/mol. The molecule has 5 rings (SSSR count). The number of para-hydroxylation sites is 1. The molecule has 1 atom stereocenters. The number of carbonyl (C=O) groups is 1. The van der Waals surface area contributed by atoms with Crippen LogP contribution in [-0.4, -0.2) is 59.4 Å². The molecule has 6 nitrogen and oxygen atoms in total. The van der Waals surface area contributed by atoms with Crippen molar-refractivity contribution >= 4 is 28.3 Å². The Balaban J connectivity index is 1.17. The molecule has 2 fully saturated rings. The number of piperidine rings is 1. The maximum absolute atomic E-state index is 13.3. The molecule has 2 aromatic carbocycles. The van der Waals surface area contributed by atoms with E-state index in [-0.39, 0.29) is 17.6 Å². The Morgan fingerprint density at radius 2 is 1.79 bits per heavy atom. The molecule has 2 saturated heterocycles. The number of amides is 1. The van der Waals surface area contributed by atoms with Crippen LogP contribution in [-0.2, 0) is 11.2 Å². The second-order valence-corrected chi connectivity index (χ2v) is 9.91. The summed E-state index contributed by atoms with van der Waals surface area (Å²) < 4.78 is 17.7. The minimum absolute atomic E-state index is 0.00297. The number of piperazine rings is 1. The van der Waals surface area contributed by atoms with Gasteiger partial charge in [-0.05, 0) is 49.1 Å². The lowest BCUT2D eigenvalue weighted by atomic mass is 9.96. The van der Waals surface area contributed by atoms with E-state index in [4.69, 9.17) is 4.98 Å². The lowest BCUT2D eigenvalue weighted by Gasteiger charge is -2.40. The van der Waals surface area contributed by atoms with Crippen molar-refractivity contribution in [3.05, 3.63) is 71.3 Å². The number of halogens is 1. The van der Waals surface area contributed by atoms with Gasteiger partial charge in [-0.1, -0.05) is 30.3 Å². The van der Waals surface area contributed by atoms with Gasteiger partial charge in [0.25, 0.3) is 0 Å². The summed E-state index contributed by atoms with van der Waals surface area (Å²) in [6.45, 7) is 7.01. The molecule has 34 heavy (non-hydrogen) atoms.